The molecule has 1 aliphatic rings. The molecule has 1 saturated heterocycles. The second-order valence-corrected chi connectivity index (χ2v) is 6.32. The van der Waals surface area contributed by atoms with Gasteiger partial charge in [0, 0.05) is 49.9 Å². The van der Waals surface area contributed by atoms with Gasteiger partial charge in [0.15, 0.2) is 0 Å². The number of hydrogen-bond acceptors (Lipinski definition) is 5. The van der Waals surface area contributed by atoms with Gasteiger partial charge in [-0.1, -0.05) is 29.8 Å². The molecule has 0 saturated carbocycles. The molecule has 2 aromatic rings. The van der Waals surface area contributed by atoms with Crippen molar-refractivity contribution in [2.24, 2.45) is 5.10 Å². The van der Waals surface area contributed by atoms with Gasteiger partial charge in [-0.3, -0.25) is 20.0 Å². The quantitative estimate of drug-likeness (QED) is 0.467. The average Bonchev–Trinajstić information content (AvgIpc) is 2.63. The zero-order chi connectivity index (χ0) is 17.6. The lowest BCUT2D eigenvalue weighted by molar-refractivity contribution is -0.384. The minimum atomic E-state index is -0.404. The van der Waals surface area contributed by atoms with Gasteiger partial charge in [0.25, 0.3) is 5.69 Å². The summed E-state index contributed by atoms with van der Waals surface area (Å²) in [6.45, 7) is 4.37. The van der Waals surface area contributed by atoms with E-state index >= 15 is 0 Å². The highest BCUT2D eigenvalue weighted by molar-refractivity contribution is 6.31. The van der Waals surface area contributed by atoms with Gasteiger partial charge in [0.1, 0.15) is 0 Å². The molecule has 2 aromatic carbocycles. The Morgan fingerprint density at radius 2 is 1.76 bits per heavy atom. The number of hydrogen-bond donors (Lipinski definition) is 0. The second-order valence-electron chi connectivity index (χ2n) is 5.91. The lowest BCUT2D eigenvalue weighted by Gasteiger charge is -2.33. The summed E-state index contributed by atoms with van der Waals surface area (Å²) in [5.74, 6) is 0. The van der Waals surface area contributed by atoms with Crippen LogP contribution in [0.3, 0.4) is 0 Å². The van der Waals surface area contributed by atoms with E-state index in [0.717, 1.165) is 48.9 Å². The van der Waals surface area contributed by atoms with Gasteiger partial charge >= 0.3 is 0 Å². The molecule has 130 valence electrons. The fourth-order valence-electron chi connectivity index (χ4n) is 2.71. The predicted molar refractivity (Wildman–Crippen MR) is 99.0 cm³/mol. The van der Waals surface area contributed by atoms with Crippen LogP contribution in [0.4, 0.5) is 5.69 Å². The van der Waals surface area contributed by atoms with Crippen molar-refractivity contribution < 1.29 is 4.92 Å². The van der Waals surface area contributed by atoms with Crippen LogP contribution in [0.5, 0.6) is 0 Å². The number of hydrazone groups is 1. The first kappa shape index (κ1) is 17.4. The van der Waals surface area contributed by atoms with Crippen LogP contribution in [0.25, 0.3) is 0 Å². The normalized spacial score (nSPS) is 15.6. The first-order chi connectivity index (χ1) is 12.1. The Kier molecular flexibility index (Phi) is 5.63. The highest BCUT2D eigenvalue weighted by Gasteiger charge is 2.16. The molecular formula is C18H19ClN4O2. The summed E-state index contributed by atoms with van der Waals surface area (Å²) in [6, 6.07) is 14.3. The van der Waals surface area contributed by atoms with Crippen molar-refractivity contribution >= 4 is 23.5 Å². The van der Waals surface area contributed by atoms with Gasteiger partial charge in [-0.2, -0.15) is 5.10 Å². The lowest BCUT2D eigenvalue weighted by atomic mass is 10.2. The molecule has 0 aliphatic carbocycles. The van der Waals surface area contributed by atoms with Gasteiger partial charge in [0.2, 0.25) is 0 Å². The third-order valence-corrected chi connectivity index (χ3v) is 4.54. The first-order valence-electron chi connectivity index (χ1n) is 8.11. The number of non-ortho nitro benzene ring substituents is 1. The molecule has 1 heterocycles. The zero-order valence-corrected chi connectivity index (χ0v) is 14.5. The number of nitro benzene ring substituents is 1. The summed E-state index contributed by atoms with van der Waals surface area (Å²) in [6.07, 6.45) is 1.74. The SMILES string of the molecule is O=[N+]([O-])c1ccc(/C=N\N2CCN(Cc3ccccc3Cl)CC2)cc1. The summed E-state index contributed by atoms with van der Waals surface area (Å²) in [5, 5.41) is 17.9. The van der Waals surface area contributed by atoms with E-state index in [4.69, 9.17) is 11.6 Å². The molecule has 3 rings (SSSR count). The molecule has 0 N–H and O–H groups in total. The van der Waals surface area contributed by atoms with Crippen LogP contribution >= 0.6 is 11.6 Å². The van der Waals surface area contributed by atoms with Crippen LogP contribution in [0.1, 0.15) is 11.1 Å². The molecule has 25 heavy (non-hydrogen) atoms. The monoisotopic (exact) mass is 358 g/mol. The van der Waals surface area contributed by atoms with Gasteiger partial charge in [0.05, 0.1) is 11.1 Å². The molecule has 1 fully saturated rings. The Morgan fingerprint density at radius 1 is 1.08 bits per heavy atom. The average molecular weight is 359 g/mol. The Morgan fingerprint density at radius 3 is 2.40 bits per heavy atom. The Labute approximate surface area is 151 Å². The van der Waals surface area contributed by atoms with E-state index in [1.807, 2.05) is 23.2 Å². The number of piperazine rings is 1. The maximum absolute atomic E-state index is 10.7. The van der Waals surface area contributed by atoms with Crippen molar-refractivity contribution in [2.75, 3.05) is 26.2 Å². The third kappa shape index (κ3) is 4.78. The molecule has 0 bridgehead atoms. The molecule has 0 unspecified atom stereocenters. The van der Waals surface area contributed by atoms with Crippen LogP contribution in [0, 0.1) is 10.1 Å². The van der Waals surface area contributed by atoms with E-state index in [1.54, 1.807) is 18.3 Å². The third-order valence-electron chi connectivity index (χ3n) is 4.17. The Balaban J connectivity index is 1.50. The molecule has 0 spiro atoms. The summed E-state index contributed by atoms with van der Waals surface area (Å²) in [5.41, 5.74) is 2.08. The minimum absolute atomic E-state index is 0.0883. The van der Waals surface area contributed by atoms with Crippen molar-refractivity contribution in [2.45, 2.75) is 6.54 Å². The fraction of sp³-hybridized carbons (Fsp3) is 0.278. The molecule has 6 nitrogen and oxygen atoms in total. The van der Waals surface area contributed by atoms with E-state index in [9.17, 15) is 10.1 Å². The van der Waals surface area contributed by atoms with E-state index in [-0.39, 0.29) is 5.69 Å². The predicted octanol–water partition coefficient (Wildman–Crippen LogP) is 3.40. The van der Waals surface area contributed by atoms with Gasteiger partial charge in [-0.25, -0.2) is 0 Å². The maximum Gasteiger partial charge on any atom is 0.269 e. The van der Waals surface area contributed by atoms with E-state index < -0.39 is 4.92 Å². The largest absolute Gasteiger partial charge is 0.295 e. The number of rotatable bonds is 5. The van der Waals surface area contributed by atoms with Crippen molar-refractivity contribution in [1.82, 2.24) is 9.91 Å². The second kappa shape index (κ2) is 8.09. The van der Waals surface area contributed by atoms with E-state index in [0.29, 0.717) is 0 Å². The van der Waals surface area contributed by atoms with Crippen LogP contribution in [-0.2, 0) is 6.54 Å². The van der Waals surface area contributed by atoms with Gasteiger partial charge in [-0.05, 0) is 29.3 Å². The van der Waals surface area contributed by atoms with Crippen LogP contribution in [-0.4, -0.2) is 47.2 Å². The summed E-state index contributed by atoms with van der Waals surface area (Å²) < 4.78 is 0. The zero-order valence-electron chi connectivity index (χ0n) is 13.7. The highest BCUT2D eigenvalue weighted by Crippen LogP contribution is 2.18. The van der Waals surface area contributed by atoms with Crippen molar-refractivity contribution in [3.63, 3.8) is 0 Å². The standard InChI is InChI=1S/C18H19ClN4O2/c19-18-4-2-1-3-16(18)14-21-9-11-22(12-10-21)20-13-15-5-7-17(8-6-15)23(24)25/h1-8,13H,9-12,14H2/b20-13-. The van der Waals surface area contributed by atoms with Crippen LogP contribution in [0.2, 0.25) is 5.02 Å². The topological polar surface area (TPSA) is 62.0 Å². The van der Waals surface area contributed by atoms with E-state index in [2.05, 4.69) is 16.1 Å². The summed E-state index contributed by atoms with van der Waals surface area (Å²) >= 11 is 6.22. The summed E-state index contributed by atoms with van der Waals surface area (Å²) in [7, 11) is 0. The van der Waals surface area contributed by atoms with Crippen molar-refractivity contribution in [3.8, 4) is 0 Å². The van der Waals surface area contributed by atoms with Crippen molar-refractivity contribution in [3.05, 3.63) is 74.8 Å². The van der Waals surface area contributed by atoms with Gasteiger partial charge < -0.3 is 0 Å². The molecule has 0 aromatic heterocycles. The Hall–Kier alpha value is -2.44. The van der Waals surface area contributed by atoms with Crippen LogP contribution < -0.4 is 0 Å². The molecule has 7 heteroatoms. The summed E-state index contributed by atoms with van der Waals surface area (Å²) in [4.78, 5) is 12.6. The first-order valence-corrected chi connectivity index (χ1v) is 8.49. The van der Waals surface area contributed by atoms with Crippen LogP contribution in [0.15, 0.2) is 53.6 Å². The smallest absolute Gasteiger partial charge is 0.269 e. The van der Waals surface area contributed by atoms with Gasteiger partial charge in [-0.15, -0.1) is 0 Å². The molecular weight excluding hydrogens is 340 g/mol. The lowest BCUT2D eigenvalue weighted by Crippen LogP contribution is -2.43. The molecule has 1 aliphatic heterocycles. The van der Waals surface area contributed by atoms with Crippen molar-refractivity contribution in [1.29, 1.82) is 0 Å². The minimum Gasteiger partial charge on any atom is -0.295 e. The maximum atomic E-state index is 10.7. The fourth-order valence-corrected chi connectivity index (χ4v) is 2.90. The number of nitrogens with zero attached hydrogens (tertiary/aromatic N) is 4. The number of benzene rings is 2. The molecule has 0 atom stereocenters. The highest BCUT2D eigenvalue weighted by atomic mass is 35.5. The number of nitro groups is 1. The number of halogens is 1. The van der Waals surface area contributed by atoms with E-state index in [1.165, 1.54) is 12.1 Å². The molecule has 0 amide bonds. The Bertz CT molecular complexity index is 756. The molecule has 0 radical (unpaired) electrons.